The third-order valence-corrected chi connectivity index (χ3v) is 3.97. The van der Waals surface area contributed by atoms with Crippen LogP contribution in [0.2, 0.25) is 0 Å². The Labute approximate surface area is 117 Å². The van der Waals surface area contributed by atoms with Crippen molar-refractivity contribution in [3.8, 4) is 5.75 Å². The molecule has 1 aromatic carbocycles. The highest BCUT2D eigenvalue weighted by Crippen LogP contribution is 2.31. The summed E-state index contributed by atoms with van der Waals surface area (Å²) in [4.78, 5) is 2.47. The van der Waals surface area contributed by atoms with E-state index in [1.54, 1.807) is 6.07 Å². The predicted molar refractivity (Wildman–Crippen MR) is 77.8 cm³/mol. The fraction of sp³-hybridized carbons (Fsp3) is 0.429. The van der Waals surface area contributed by atoms with E-state index < -0.39 is 0 Å². The Kier molecular flexibility index (Phi) is 4.80. The van der Waals surface area contributed by atoms with Crippen LogP contribution in [0.1, 0.15) is 18.0 Å². The van der Waals surface area contributed by atoms with Gasteiger partial charge in [-0.05, 0) is 40.0 Å². The molecule has 1 saturated heterocycles. The Bertz CT molecular complexity index is 416. The lowest BCUT2D eigenvalue weighted by Gasteiger charge is -2.35. The lowest BCUT2D eigenvalue weighted by atomic mass is 10.0. The van der Waals surface area contributed by atoms with E-state index in [9.17, 15) is 5.11 Å². The first-order chi connectivity index (χ1) is 8.72. The Morgan fingerprint density at radius 1 is 1.44 bits per heavy atom. The van der Waals surface area contributed by atoms with Crippen LogP contribution in [-0.2, 0) is 0 Å². The maximum absolute atomic E-state index is 9.58. The average Bonchev–Trinajstić information content (AvgIpc) is 2.40. The van der Waals surface area contributed by atoms with Crippen molar-refractivity contribution in [3.63, 3.8) is 0 Å². The molecule has 1 atom stereocenters. The van der Waals surface area contributed by atoms with E-state index >= 15 is 0 Å². The number of phenols is 1. The van der Waals surface area contributed by atoms with Crippen LogP contribution in [0.5, 0.6) is 5.75 Å². The van der Waals surface area contributed by atoms with Crippen molar-refractivity contribution in [1.29, 1.82) is 0 Å². The molecule has 0 radical (unpaired) electrons. The molecule has 0 amide bonds. The quantitative estimate of drug-likeness (QED) is 0.839. The molecule has 0 spiro atoms. The van der Waals surface area contributed by atoms with Gasteiger partial charge in [0.05, 0.1) is 4.47 Å². The molecule has 1 aliphatic rings. The minimum Gasteiger partial charge on any atom is -0.507 e. The van der Waals surface area contributed by atoms with Crippen molar-refractivity contribution in [2.45, 2.75) is 12.5 Å². The molecule has 2 rings (SSSR count). The van der Waals surface area contributed by atoms with Gasteiger partial charge in [-0.2, -0.15) is 0 Å². The second-order valence-corrected chi connectivity index (χ2v) is 5.39. The standard InChI is InChI=1S/C14H19BrN2O/c1-2-3-13(17-8-6-16-7-9-17)11-4-5-14(18)12(15)10-11/h2,4-5,10,13,16,18H,1,3,6-9H2/t13-/m0/s1. The van der Waals surface area contributed by atoms with Crippen LogP contribution in [0.3, 0.4) is 0 Å². The third-order valence-electron chi connectivity index (χ3n) is 3.34. The second-order valence-electron chi connectivity index (χ2n) is 4.54. The van der Waals surface area contributed by atoms with Gasteiger partial charge in [-0.15, -0.1) is 6.58 Å². The molecule has 1 aliphatic heterocycles. The van der Waals surface area contributed by atoms with Gasteiger partial charge in [0.1, 0.15) is 5.75 Å². The van der Waals surface area contributed by atoms with Gasteiger partial charge < -0.3 is 10.4 Å². The normalized spacial score (nSPS) is 18.5. The lowest BCUT2D eigenvalue weighted by molar-refractivity contribution is 0.174. The molecule has 18 heavy (non-hydrogen) atoms. The molecule has 0 unspecified atom stereocenters. The number of hydrogen-bond donors (Lipinski definition) is 2. The van der Waals surface area contributed by atoms with Gasteiger partial charge in [0.2, 0.25) is 0 Å². The molecule has 4 heteroatoms. The van der Waals surface area contributed by atoms with E-state index in [0.717, 1.165) is 37.1 Å². The van der Waals surface area contributed by atoms with Crippen LogP contribution in [0, 0.1) is 0 Å². The van der Waals surface area contributed by atoms with Crippen molar-refractivity contribution in [2.24, 2.45) is 0 Å². The predicted octanol–water partition coefficient (Wildman–Crippen LogP) is 2.68. The number of nitrogens with zero attached hydrogens (tertiary/aromatic N) is 1. The summed E-state index contributed by atoms with van der Waals surface area (Å²) in [7, 11) is 0. The van der Waals surface area contributed by atoms with Crippen LogP contribution in [0.4, 0.5) is 0 Å². The van der Waals surface area contributed by atoms with Crippen LogP contribution in [0.25, 0.3) is 0 Å². The number of nitrogens with one attached hydrogen (secondary N) is 1. The van der Waals surface area contributed by atoms with Gasteiger partial charge in [0.25, 0.3) is 0 Å². The summed E-state index contributed by atoms with van der Waals surface area (Å²) in [5.74, 6) is 0.288. The zero-order valence-corrected chi connectivity index (χ0v) is 12.0. The van der Waals surface area contributed by atoms with Crippen molar-refractivity contribution >= 4 is 15.9 Å². The van der Waals surface area contributed by atoms with Crippen LogP contribution < -0.4 is 5.32 Å². The van der Waals surface area contributed by atoms with Gasteiger partial charge in [0.15, 0.2) is 0 Å². The van der Waals surface area contributed by atoms with Gasteiger partial charge >= 0.3 is 0 Å². The molecule has 1 aromatic rings. The van der Waals surface area contributed by atoms with E-state index in [2.05, 4.69) is 32.7 Å². The molecular formula is C14H19BrN2O. The van der Waals surface area contributed by atoms with E-state index in [4.69, 9.17) is 0 Å². The van der Waals surface area contributed by atoms with E-state index in [-0.39, 0.29) is 5.75 Å². The first-order valence-corrected chi connectivity index (χ1v) is 7.05. The first kappa shape index (κ1) is 13.6. The first-order valence-electron chi connectivity index (χ1n) is 6.26. The largest absolute Gasteiger partial charge is 0.507 e. The van der Waals surface area contributed by atoms with E-state index in [1.807, 2.05) is 18.2 Å². The third kappa shape index (κ3) is 3.13. The Morgan fingerprint density at radius 2 is 2.17 bits per heavy atom. The monoisotopic (exact) mass is 310 g/mol. The fourth-order valence-electron chi connectivity index (χ4n) is 2.38. The number of piperazine rings is 1. The summed E-state index contributed by atoms with van der Waals surface area (Å²) >= 11 is 3.38. The molecule has 2 N–H and O–H groups in total. The number of rotatable bonds is 4. The van der Waals surface area contributed by atoms with E-state index in [0.29, 0.717) is 6.04 Å². The molecule has 0 bridgehead atoms. The Hall–Kier alpha value is -0.840. The van der Waals surface area contributed by atoms with Gasteiger partial charge in [-0.3, -0.25) is 4.90 Å². The van der Waals surface area contributed by atoms with Crippen molar-refractivity contribution in [3.05, 3.63) is 40.9 Å². The summed E-state index contributed by atoms with van der Waals surface area (Å²) in [5, 5.41) is 12.9. The molecule has 0 aromatic heterocycles. The topological polar surface area (TPSA) is 35.5 Å². The summed E-state index contributed by atoms with van der Waals surface area (Å²) < 4.78 is 0.754. The van der Waals surface area contributed by atoms with Crippen LogP contribution in [0.15, 0.2) is 35.3 Å². The minimum absolute atomic E-state index is 0.288. The summed E-state index contributed by atoms with van der Waals surface area (Å²) in [5.41, 5.74) is 1.22. The van der Waals surface area contributed by atoms with Gasteiger partial charge in [-0.25, -0.2) is 0 Å². The molecule has 0 saturated carbocycles. The minimum atomic E-state index is 0.288. The number of aromatic hydroxyl groups is 1. The summed E-state index contributed by atoms with van der Waals surface area (Å²) in [6, 6.07) is 6.10. The van der Waals surface area contributed by atoms with E-state index in [1.165, 1.54) is 5.56 Å². The molecule has 1 heterocycles. The van der Waals surface area contributed by atoms with Crippen LogP contribution in [-0.4, -0.2) is 36.2 Å². The number of halogens is 1. The van der Waals surface area contributed by atoms with Gasteiger partial charge in [0, 0.05) is 32.2 Å². The Balaban J connectivity index is 2.22. The zero-order chi connectivity index (χ0) is 13.0. The smallest absolute Gasteiger partial charge is 0.129 e. The molecule has 98 valence electrons. The summed E-state index contributed by atoms with van der Waals surface area (Å²) in [6.45, 7) is 8.03. The number of hydrogen-bond acceptors (Lipinski definition) is 3. The highest BCUT2D eigenvalue weighted by atomic mass is 79.9. The average molecular weight is 311 g/mol. The van der Waals surface area contributed by atoms with Crippen molar-refractivity contribution < 1.29 is 5.11 Å². The van der Waals surface area contributed by atoms with Crippen LogP contribution >= 0.6 is 15.9 Å². The van der Waals surface area contributed by atoms with Gasteiger partial charge in [-0.1, -0.05) is 12.1 Å². The maximum atomic E-state index is 9.58. The number of phenolic OH excluding ortho intramolecular Hbond substituents is 1. The Morgan fingerprint density at radius 3 is 2.78 bits per heavy atom. The molecular weight excluding hydrogens is 292 g/mol. The lowest BCUT2D eigenvalue weighted by Crippen LogP contribution is -2.45. The van der Waals surface area contributed by atoms with Crippen molar-refractivity contribution in [2.75, 3.05) is 26.2 Å². The molecule has 1 fully saturated rings. The fourth-order valence-corrected chi connectivity index (χ4v) is 2.77. The number of benzene rings is 1. The maximum Gasteiger partial charge on any atom is 0.129 e. The molecule has 0 aliphatic carbocycles. The highest BCUT2D eigenvalue weighted by Gasteiger charge is 2.21. The second kappa shape index (κ2) is 6.36. The SMILES string of the molecule is C=CC[C@@H](c1ccc(O)c(Br)c1)N1CCNCC1. The molecule has 3 nitrogen and oxygen atoms in total. The summed E-state index contributed by atoms with van der Waals surface area (Å²) in [6.07, 6.45) is 2.89. The van der Waals surface area contributed by atoms with Crippen molar-refractivity contribution in [1.82, 2.24) is 10.2 Å². The zero-order valence-electron chi connectivity index (χ0n) is 10.4. The highest BCUT2D eigenvalue weighted by molar-refractivity contribution is 9.10.